The van der Waals surface area contributed by atoms with E-state index in [1.165, 1.54) is 18.3 Å². The second-order valence-electron chi connectivity index (χ2n) is 6.76. The van der Waals surface area contributed by atoms with Gasteiger partial charge in [-0.3, -0.25) is 10.1 Å². The fourth-order valence-corrected chi connectivity index (χ4v) is 3.96. The number of non-ortho nitro benzene ring substituents is 1. The number of aromatic nitrogens is 2. The maximum absolute atomic E-state index is 12.6. The summed E-state index contributed by atoms with van der Waals surface area (Å²) in [5, 5.41) is 18.1. The van der Waals surface area contributed by atoms with Crippen LogP contribution in [-0.4, -0.2) is 28.2 Å². The summed E-state index contributed by atoms with van der Waals surface area (Å²) < 4.78 is 12.6. The smallest absolute Gasteiger partial charge is 0.271 e. The largest absolute Gasteiger partial charge is 0.338 e. The average molecular weight is 432 g/mol. The Labute approximate surface area is 172 Å². The maximum Gasteiger partial charge on any atom is 0.271 e. The summed E-state index contributed by atoms with van der Waals surface area (Å²) in [4.78, 5) is 19.1. The zero-order valence-corrected chi connectivity index (χ0v) is 17.7. The van der Waals surface area contributed by atoms with Crippen molar-refractivity contribution >= 4 is 52.9 Å². The Kier molecular flexibility index (Phi) is 5.86. The number of hydrogen-bond donors (Lipinski definition) is 2. The van der Waals surface area contributed by atoms with Crippen LogP contribution in [0.4, 0.5) is 28.8 Å². The number of para-hydroxylation sites is 1. The standard InChI is InChI=1S/C19H19ClN5O3P/c1-12-8-9-13(25(26)27)10-16(12)23-19-21-11-14(20)18(24-19)22-15-6-4-5-7-17(15)29(2,3)28/h4-11H,1-3H3,(H2,21,22,23,24). The van der Waals surface area contributed by atoms with Gasteiger partial charge in [0.15, 0.2) is 5.82 Å². The number of benzene rings is 2. The zero-order valence-electron chi connectivity index (χ0n) is 16.0. The van der Waals surface area contributed by atoms with Gasteiger partial charge in [-0.1, -0.05) is 29.8 Å². The number of hydrogen-bond acceptors (Lipinski definition) is 7. The highest BCUT2D eigenvalue weighted by Crippen LogP contribution is 2.38. The van der Waals surface area contributed by atoms with Crippen LogP contribution < -0.4 is 15.9 Å². The van der Waals surface area contributed by atoms with Gasteiger partial charge in [0, 0.05) is 17.4 Å². The van der Waals surface area contributed by atoms with Gasteiger partial charge in [-0.25, -0.2) is 4.98 Å². The van der Waals surface area contributed by atoms with E-state index in [0.717, 1.165) is 5.56 Å². The number of nitro groups is 1. The second-order valence-corrected chi connectivity index (χ2v) is 10.4. The van der Waals surface area contributed by atoms with E-state index in [0.29, 0.717) is 22.5 Å². The van der Waals surface area contributed by atoms with E-state index in [9.17, 15) is 14.7 Å². The zero-order chi connectivity index (χ0) is 21.2. The van der Waals surface area contributed by atoms with E-state index in [1.54, 1.807) is 31.5 Å². The Bertz CT molecular complexity index is 1130. The van der Waals surface area contributed by atoms with Gasteiger partial charge in [0.05, 0.1) is 22.5 Å². The first kappa shape index (κ1) is 20.8. The topological polar surface area (TPSA) is 110 Å². The van der Waals surface area contributed by atoms with Gasteiger partial charge in [0.2, 0.25) is 5.95 Å². The Morgan fingerprint density at radius 3 is 2.52 bits per heavy atom. The van der Waals surface area contributed by atoms with Crippen LogP contribution in [0.3, 0.4) is 0 Å². The Balaban J connectivity index is 1.94. The van der Waals surface area contributed by atoms with Crippen molar-refractivity contribution in [1.82, 2.24) is 9.97 Å². The molecule has 0 saturated heterocycles. The van der Waals surface area contributed by atoms with Crippen molar-refractivity contribution in [2.24, 2.45) is 0 Å². The molecule has 2 aromatic carbocycles. The van der Waals surface area contributed by atoms with E-state index in [-0.39, 0.29) is 16.7 Å². The van der Waals surface area contributed by atoms with Crippen molar-refractivity contribution in [2.45, 2.75) is 6.92 Å². The second kappa shape index (κ2) is 8.19. The van der Waals surface area contributed by atoms with Crippen molar-refractivity contribution in [3.8, 4) is 0 Å². The SMILES string of the molecule is Cc1ccc([N+](=O)[O-])cc1Nc1ncc(Cl)c(Nc2ccccc2P(C)(C)=O)n1. The first-order valence-corrected chi connectivity index (χ1v) is 11.6. The molecule has 0 atom stereocenters. The van der Waals surface area contributed by atoms with Crippen molar-refractivity contribution in [1.29, 1.82) is 0 Å². The molecule has 8 nitrogen and oxygen atoms in total. The Morgan fingerprint density at radius 2 is 1.83 bits per heavy atom. The number of nitrogens with zero attached hydrogens (tertiary/aromatic N) is 3. The van der Waals surface area contributed by atoms with Crippen LogP contribution >= 0.6 is 18.7 Å². The van der Waals surface area contributed by atoms with Gasteiger partial charge in [-0.15, -0.1) is 0 Å². The van der Waals surface area contributed by atoms with Crippen LogP contribution in [0.5, 0.6) is 0 Å². The maximum atomic E-state index is 12.6. The third kappa shape index (κ3) is 4.91. The molecular formula is C19H19ClN5O3P. The minimum Gasteiger partial charge on any atom is -0.338 e. The van der Waals surface area contributed by atoms with Crippen molar-refractivity contribution in [2.75, 3.05) is 24.0 Å². The fourth-order valence-electron chi connectivity index (χ4n) is 2.67. The molecule has 29 heavy (non-hydrogen) atoms. The highest BCUT2D eigenvalue weighted by Gasteiger charge is 2.17. The first-order valence-electron chi connectivity index (χ1n) is 8.61. The van der Waals surface area contributed by atoms with Gasteiger partial charge in [-0.2, -0.15) is 4.98 Å². The van der Waals surface area contributed by atoms with Crippen molar-refractivity contribution in [3.05, 3.63) is 69.4 Å². The quantitative estimate of drug-likeness (QED) is 0.318. The summed E-state index contributed by atoms with van der Waals surface area (Å²) >= 11 is 6.24. The molecule has 0 bridgehead atoms. The first-order chi connectivity index (χ1) is 13.6. The minimum atomic E-state index is -2.52. The third-order valence-electron chi connectivity index (χ3n) is 4.16. The molecule has 0 unspecified atom stereocenters. The number of rotatable bonds is 6. The molecule has 10 heteroatoms. The van der Waals surface area contributed by atoms with Gasteiger partial charge < -0.3 is 15.2 Å². The van der Waals surface area contributed by atoms with E-state index < -0.39 is 12.1 Å². The van der Waals surface area contributed by atoms with Gasteiger partial charge in [0.25, 0.3) is 5.69 Å². The van der Waals surface area contributed by atoms with Gasteiger partial charge >= 0.3 is 0 Å². The molecule has 0 amide bonds. The molecule has 150 valence electrons. The molecule has 0 fully saturated rings. The highest BCUT2D eigenvalue weighted by molar-refractivity contribution is 7.70. The third-order valence-corrected chi connectivity index (χ3v) is 5.99. The Hall–Kier alpha value is -2.96. The normalized spacial score (nSPS) is 11.2. The predicted octanol–water partition coefficient (Wildman–Crippen LogP) is 5.08. The minimum absolute atomic E-state index is 0.0408. The van der Waals surface area contributed by atoms with Crippen LogP contribution in [0, 0.1) is 17.0 Å². The van der Waals surface area contributed by atoms with Crippen molar-refractivity contribution < 1.29 is 9.49 Å². The molecule has 0 aliphatic heterocycles. The molecule has 1 aromatic heterocycles. The predicted molar refractivity (Wildman–Crippen MR) is 117 cm³/mol. The lowest BCUT2D eigenvalue weighted by atomic mass is 10.2. The van der Waals surface area contributed by atoms with Crippen molar-refractivity contribution in [3.63, 3.8) is 0 Å². The summed E-state index contributed by atoms with van der Waals surface area (Å²) in [6.07, 6.45) is 1.42. The summed E-state index contributed by atoms with van der Waals surface area (Å²) in [5.74, 6) is 0.544. The summed E-state index contributed by atoms with van der Waals surface area (Å²) in [5.41, 5.74) is 1.91. The number of halogens is 1. The lowest BCUT2D eigenvalue weighted by molar-refractivity contribution is -0.384. The molecule has 3 aromatic rings. The van der Waals surface area contributed by atoms with Crippen LogP contribution in [0.2, 0.25) is 5.02 Å². The van der Waals surface area contributed by atoms with Gasteiger partial charge in [-0.05, 0) is 37.9 Å². The summed E-state index contributed by atoms with van der Waals surface area (Å²) in [6.45, 7) is 5.19. The number of aryl methyl sites for hydroxylation is 1. The molecule has 0 spiro atoms. The highest BCUT2D eigenvalue weighted by atomic mass is 35.5. The molecule has 0 aliphatic rings. The molecule has 3 rings (SSSR count). The lowest BCUT2D eigenvalue weighted by Crippen LogP contribution is -2.11. The molecule has 0 radical (unpaired) electrons. The average Bonchev–Trinajstić information content (AvgIpc) is 2.65. The van der Waals surface area contributed by atoms with E-state index in [1.807, 2.05) is 19.1 Å². The number of nitro benzene ring substituents is 1. The van der Waals surface area contributed by atoms with Gasteiger partial charge in [0.1, 0.15) is 12.2 Å². The fraction of sp³-hybridized carbons (Fsp3) is 0.158. The van der Waals surface area contributed by atoms with E-state index in [4.69, 9.17) is 11.6 Å². The number of anilines is 4. The lowest BCUT2D eigenvalue weighted by Gasteiger charge is -2.16. The summed E-state index contributed by atoms with van der Waals surface area (Å²) in [6, 6.07) is 11.7. The summed E-state index contributed by atoms with van der Waals surface area (Å²) in [7, 11) is -2.52. The van der Waals surface area contributed by atoms with E-state index in [2.05, 4.69) is 20.6 Å². The molecular weight excluding hydrogens is 413 g/mol. The Morgan fingerprint density at radius 1 is 1.10 bits per heavy atom. The molecule has 0 aliphatic carbocycles. The molecule has 2 N–H and O–H groups in total. The van der Waals surface area contributed by atoms with Crippen LogP contribution in [0.1, 0.15) is 5.56 Å². The van der Waals surface area contributed by atoms with Crippen LogP contribution in [0.15, 0.2) is 48.7 Å². The van der Waals surface area contributed by atoms with Crippen LogP contribution in [0.25, 0.3) is 0 Å². The molecule has 0 saturated carbocycles. The number of nitrogens with one attached hydrogen (secondary N) is 2. The monoisotopic (exact) mass is 431 g/mol. The molecule has 1 heterocycles. The van der Waals surface area contributed by atoms with Crippen LogP contribution in [-0.2, 0) is 4.57 Å². The van der Waals surface area contributed by atoms with E-state index >= 15 is 0 Å².